The van der Waals surface area contributed by atoms with Crippen molar-refractivity contribution in [1.29, 1.82) is 0 Å². The number of amides is 4. The van der Waals surface area contributed by atoms with Gasteiger partial charge in [-0.2, -0.15) is 0 Å². The lowest BCUT2D eigenvalue weighted by Crippen LogP contribution is -2.67. The molecule has 4 amide bonds. The number of carbonyl (C=O) groups is 3. The number of nitrogens with one attached hydrogen (secondary N) is 1. The van der Waals surface area contributed by atoms with Crippen LogP contribution in [0.25, 0.3) is 0 Å². The molecule has 4 rings (SSSR count). The molecule has 7 nitrogen and oxygen atoms in total. The van der Waals surface area contributed by atoms with E-state index >= 15 is 0 Å². The fraction of sp³-hybridized carbons (Fsp3) is 0.423. The molecule has 2 aliphatic rings. The molecule has 0 aliphatic carbocycles. The van der Waals surface area contributed by atoms with E-state index in [0.29, 0.717) is 43.1 Å². The number of nitrogens with zero attached hydrogens (tertiary/aromatic N) is 2. The minimum absolute atomic E-state index is 0.0854. The van der Waals surface area contributed by atoms with Gasteiger partial charge in [-0.15, -0.1) is 0 Å². The molecule has 0 radical (unpaired) electrons. The van der Waals surface area contributed by atoms with Gasteiger partial charge in [-0.05, 0) is 54.7 Å². The van der Waals surface area contributed by atoms with Crippen molar-refractivity contribution in [3.8, 4) is 0 Å². The largest absolute Gasteiger partial charge is 0.368 e. The maximum absolute atomic E-state index is 14.0. The molecule has 3 N–H and O–H groups in total. The summed E-state index contributed by atoms with van der Waals surface area (Å²) in [6, 6.07) is 11.9. The van der Waals surface area contributed by atoms with Crippen LogP contribution in [-0.2, 0) is 9.59 Å². The molecular weight excluding hydrogens is 471 g/mol. The van der Waals surface area contributed by atoms with E-state index in [4.69, 9.17) is 17.3 Å². The van der Waals surface area contributed by atoms with Gasteiger partial charge in [-0.3, -0.25) is 9.59 Å². The first-order valence-electron chi connectivity index (χ1n) is 11.9. The molecule has 1 spiro atoms. The van der Waals surface area contributed by atoms with E-state index in [1.54, 1.807) is 34.1 Å². The predicted octanol–water partition coefficient (Wildman–Crippen LogP) is 4.26. The highest BCUT2D eigenvalue weighted by Gasteiger charge is 2.62. The summed E-state index contributed by atoms with van der Waals surface area (Å²) in [5.74, 6) is -1.15. The fourth-order valence-corrected chi connectivity index (χ4v) is 5.34. The van der Waals surface area contributed by atoms with E-state index in [2.05, 4.69) is 5.32 Å². The topological polar surface area (TPSA) is 95.7 Å². The minimum Gasteiger partial charge on any atom is -0.368 e. The molecule has 2 fully saturated rings. The maximum atomic E-state index is 14.0. The van der Waals surface area contributed by atoms with Gasteiger partial charge in [0.2, 0.25) is 11.8 Å². The summed E-state index contributed by atoms with van der Waals surface area (Å²) in [6.07, 6.45) is 1.59. The average molecular weight is 501 g/mol. The number of carbonyl (C=O) groups excluding carboxylic acids is 3. The van der Waals surface area contributed by atoms with Gasteiger partial charge in [-0.25, -0.2) is 9.18 Å². The molecule has 0 aromatic heterocycles. The van der Waals surface area contributed by atoms with Crippen LogP contribution in [0.2, 0.25) is 5.02 Å². The number of primary amides is 1. The number of halogens is 2. The highest BCUT2D eigenvalue weighted by Crippen LogP contribution is 2.57. The number of rotatable bonds is 6. The third kappa shape index (κ3) is 4.59. The molecule has 2 aliphatic heterocycles. The van der Waals surface area contributed by atoms with Crippen LogP contribution in [-0.4, -0.2) is 41.9 Å². The molecule has 2 aromatic carbocycles. The van der Waals surface area contributed by atoms with Crippen LogP contribution in [0.15, 0.2) is 48.5 Å². The number of likely N-dealkylation sites (tertiary alicyclic amines) is 1. The van der Waals surface area contributed by atoms with E-state index in [9.17, 15) is 18.8 Å². The second kappa shape index (κ2) is 9.85. The summed E-state index contributed by atoms with van der Waals surface area (Å²) >= 11 is 6.09. The van der Waals surface area contributed by atoms with Gasteiger partial charge in [0.05, 0.1) is 11.5 Å². The number of anilines is 1. The molecule has 3 atom stereocenters. The number of urea groups is 1. The van der Waals surface area contributed by atoms with Crippen molar-refractivity contribution in [2.45, 2.75) is 45.2 Å². The molecule has 9 heteroatoms. The van der Waals surface area contributed by atoms with Crippen LogP contribution in [0.1, 0.15) is 44.7 Å². The number of β-lactam (4-membered cyclic amide) rings is 1. The van der Waals surface area contributed by atoms with Crippen LogP contribution in [0, 0.1) is 17.2 Å². The number of benzene rings is 2. The van der Waals surface area contributed by atoms with Gasteiger partial charge in [0.15, 0.2) is 0 Å². The highest BCUT2D eigenvalue weighted by molar-refractivity contribution is 6.30. The lowest BCUT2D eigenvalue weighted by Gasteiger charge is -2.59. The molecule has 186 valence electrons. The van der Waals surface area contributed by atoms with Crippen molar-refractivity contribution in [3.05, 3.63) is 64.9 Å². The van der Waals surface area contributed by atoms with Crippen molar-refractivity contribution < 1.29 is 18.8 Å². The van der Waals surface area contributed by atoms with Gasteiger partial charge in [0.1, 0.15) is 11.9 Å². The molecule has 0 bridgehead atoms. The Morgan fingerprint density at radius 2 is 1.86 bits per heavy atom. The molecule has 2 aromatic rings. The van der Waals surface area contributed by atoms with E-state index in [0.717, 1.165) is 5.56 Å². The zero-order valence-corrected chi connectivity index (χ0v) is 20.6. The van der Waals surface area contributed by atoms with E-state index < -0.39 is 23.2 Å². The van der Waals surface area contributed by atoms with Crippen molar-refractivity contribution in [2.24, 2.45) is 17.1 Å². The van der Waals surface area contributed by atoms with Gasteiger partial charge < -0.3 is 20.9 Å². The Balaban J connectivity index is 1.55. The van der Waals surface area contributed by atoms with Crippen LogP contribution in [0.4, 0.5) is 14.9 Å². The first-order valence-corrected chi connectivity index (χ1v) is 12.2. The minimum atomic E-state index is -0.751. The normalized spacial score (nSPS) is 20.8. The third-order valence-corrected chi connectivity index (χ3v) is 7.69. The monoisotopic (exact) mass is 500 g/mol. The van der Waals surface area contributed by atoms with Crippen molar-refractivity contribution in [2.75, 3.05) is 18.0 Å². The molecule has 2 heterocycles. The summed E-state index contributed by atoms with van der Waals surface area (Å²) in [7, 11) is 0. The Hall–Kier alpha value is -3.13. The summed E-state index contributed by atoms with van der Waals surface area (Å²) in [6.45, 7) is 4.50. The third-order valence-electron chi connectivity index (χ3n) is 7.44. The van der Waals surface area contributed by atoms with E-state index in [-0.39, 0.29) is 23.9 Å². The van der Waals surface area contributed by atoms with E-state index in [1.165, 1.54) is 12.1 Å². The van der Waals surface area contributed by atoms with Crippen molar-refractivity contribution >= 4 is 35.1 Å². The summed E-state index contributed by atoms with van der Waals surface area (Å²) in [5, 5.41) is 3.35. The number of nitrogens with two attached hydrogens (primary N) is 1. The zero-order chi connectivity index (χ0) is 25.3. The van der Waals surface area contributed by atoms with Gasteiger partial charge in [0.25, 0.3) is 0 Å². The second-order valence-electron chi connectivity index (χ2n) is 9.47. The van der Waals surface area contributed by atoms with Gasteiger partial charge in [-0.1, -0.05) is 50.1 Å². The predicted molar refractivity (Wildman–Crippen MR) is 132 cm³/mol. The van der Waals surface area contributed by atoms with Crippen molar-refractivity contribution in [3.63, 3.8) is 0 Å². The standard InChI is InChI=1S/C26H30ClFN4O3/c1-3-16(2)21(23(29)33)30-25(35)31-13-11-26(12-14-31)22(17-7-9-18(27)10-8-17)32(24(26)34)20-6-4-5-19(28)15-20/h4-10,15-16,21-22H,3,11-14H2,1-2H3,(H2,29,33)(H,30,35)/t16-,21-,22?/m0/s1. The quantitative estimate of drug-likeness (QED) is 0.580. The highest BCUT2D eigenvalue weighted by atomic mass is 35.5. The Labute approximate surface area is 209 Å². The summed E-state index contributed by atoms with van der Waals surface area (Å²) < 4.78 is 14.0. The smallest absolute Gasteiger partial charge is 0.318 e. The second-order valence-corrected chi connectivity index (χ2v) is 9.90. The number of hydrogen-bond donors (Lipinski definition) is 2. The van der Waals surface area contributed by atoms with Gasteiger partial charge in [0, 0.05) is 23.8 Å². The van der Waals surface area contributed by atoms with Crippen LogP contribution in [0.5, 0.6) is 0 Å². The molecular formula is C26H30ClFN4O3. The Morgan fingerprint density at radius 3 is 2.43 bits per heavy atom. The summed E-state index contributed by atoms with van der Waals surface area (Å²) in [5.41, 5.74) is 6.19. The van der Waals surface area contributed by atoms with Crippen LogP contribution >= 0.6 is 11.6 Å². The zero-order valence-electron chi connectivity index (χ0n) is 19.8. The first-order chi connectivity index (χ1) is 16.7. The Kier molecular flexibility index (Phi) is 7.03. The average Bonchev–Trinajstić information content (AvgIpc) is 2.85. The lowest BCUT2D eigenvalue weighted by atomic mass is 9.62. The summed E-state index contributed by atoms with van der Waals surface area (Å²) in [4.78, 5) is 41.6. The number of piperidine rings is 1. The molecule has 35 heavy (non-hydrogen) atoms. The number of hydrogen-bond acceptors (Lipinski definition) is 3. The van der Waals surface area contributed by atoms with Crippen LogP contribution in [0.3, 0.4) is 0 Å². The molecule has 1 unspecified atom stereocenters. The maximum Gasteiger partial charge on any atom is 0.318 e. The Bertz CT molecular complexity index is 1120. The van der Waals surface area contributed by atoms with Gasteiger partial charge >= 0.3 is 6.03 Å². The fourth-order valence-electron chi connectivity index (χ4n) is 5.21. The molecule has 2 saturated heterocycles. The SMILES string of the molecule is CC[C@H](C)[C@H](NC(=O)N1CCC2(CC1)C(=O)N(c1cccc(F)c1)C2c1ccc(Cl)cc1)C(N)=O. The first kappa shape index (κ1) is 25.0. The van der Waals surface area contributed by atoms with Crippen LogP contribution < -0.4 is 16.0 Å². The van der Waals surface area contributed by atoms with Crippen molar-refractivity contribution in [1.82, 2.24) is 10.2 Å². The van der Waals surface area contributed by atoms with E-state index in [1.807, 2.05) is 26.0 Å². The lowest BCUT2D eigenvalue weighted by molar-refractivity contribution is -0.144. The molecule has 0 saturated carbocycles. The Morgan fingerprint density at radius 1 is 1.20 bits per heavy atom.